The van der Waals surface area contributed by atoms with Gasteiger partial charge in [0.1, 0.15) is 0 Å². The maximum absolute atomic E-state index is 12.0. The number of carbonyl (C=O) groups excluding carboxylic acids is 1. The van der Waals surface area contributed by atoms with Crippen molar-refractivity contribution >= 4 is 11.7 Å². The summed E-state index contributed by atoms with van der Waals surface area (Å²) < 4.78 is 0. The molecule has 0 saturated heterocycles. The predicted octanol–water partition coefficient (Wildman–Crippen LogP) is 2.72. The molecule has 3 N–H and O–H groups in total. The highest BCUT2D eigenvalue weighted by Crippen LogP contribution is 2.08. The van der Waals surface area contributed by atoms with Crippen molar-refractivity contribution in [1.82, 2.24) is 4.90 Å². The molecule has 5 nitrogen and oxygen atoms in total. The minimum Gasteiger partial charge on any atom is -0.409 e. The Labute approximate surface area is 116 Å². The van der Waals surface area contributed by atoms with Gasteiger partial charge in [-0.15, -0.1) is 0 Å². The first-order valence-corrected chi connectivity index (χ1v) is 7.39. The topological polar surface area (TPSA) is 78.9 Å². The van der Waals surface area contributed by atoms with E-state index in [4.69, 9.17) is 10.9 Å². The SMILES string of the molecule is CCCCCCCCC(=O)N(CCC)CC(N)=NO. The fourth-order valence-electron chi connectivity index (χ4n) is 2.00. The number of amides is 1. The maximum atomic E-state index is 12.0. The van der Waals surface area contributed by atoms with Crippen LogP contribution in [0.3, 0.4) is 0 Å². The van der Waals surface area contributed by atoms with Crippen LogP contribution in [0.2, 0.25) is 0 Å². The lowest BCUT2D eigenvalue weighted by molar-refractivity contribution is -0.130. The third-order valence-electron chi connectivity index (χ3n) is 3.07. The molecule has 5 heteroatoms. The minimum atomic E-state index is 0.0877. The van der Waals surface area contributed by atoms with Crippen molar-refractivity contribution < 1.29 is 10.0 Å². The molecule has 0 spiro atoms. The molecule has 0 aliphatic carbocycles. The van der Waals surface area contributed by atoms with Crippen LogP contribution in [0.5, 0.6) is 0 Å². The monoisotopic (exact) mass is 271 g/mol. The van der Waals surface area contributed by atoms with Crippen LogP contribution < -0.4 is 5.73 Å². The van der Waals surface area contributed by atoms with Gasteiger partial charge in [-0.25, -0.2) is 0 Å². The van der Waals surface area contributed by atoms with E-state index in [1.165, 1.54) is 25.7 Å². The van der Waals surface area contributed by atoms with E-state index in [0.29, 0.717) is 13.0 Å². The van der Waals surface area contributed by atoms with Gasteiger partial charge < -0.3 is 15.8 Å². The van der Waals surface area contributed by atoms with Crippen molar-refractivity contribution in [3.05, 3.63) is 0 Å². The summed E-state index contributed by atoms with van der Waals surface area (Å²) in [7, 11) is 0. The summed E-state index contributed by atoms with van der Waals surface area (Å²) in [6.07, 6.45) is 8.45. The zero-order chi connectivity index (χ0) is 14.5. The van der Waals surface area contributed by atoms with E-state index < -0.39 is 0 Å². The van der Waals surface area contributed by atoms with Crippen LogP contribution in [-0.4, -0.2) is 34.9 Å². The van der Waals surface area contributed by atoms with Crippen molar-refractivity contribution in [3.63, 3.8) is 0 Å². The van der Waals surface area contributed by atoms with E-state index in [1.807, 2.05) is 6.92 Å². The molecule has 112 valence electrons. The number of rotatable bonds is 11. The number of oxime groups is 1. The van der Waals surface area contributed by atoms with Crippen LogP contribution in [0, 0.1) is 0 Å². The molecule has 0 radical (unpaired) electrons. The number of amidine groups is 1. The summed E-state index contributed by atoms with van der Waals surface area (Å²) in [6, 6.07) is 0. The Balaban J connectivity index is 3.91. The average molecular weight is 271 g/mol. The molecule has 0 heterocycles. The molecule has 0 aliphatic rings. The molecular formula is C14H29N3O2. The number of hydrogen-bond donors (Lipinski definition) is 2. The van der Waals surface area contributed by atoms with Crippen molar-refractivity contribution in [2.45, 2.75) is 65.2 Å². The van der Waals surface area contributed by atoms with Gasteiger partial charge in [-0.3, -0.25) is 4.79 Å². The molecular weight excluding hydrogens is 242 g/mol. The molecule has 0 atom stereocenters. The number of nitrogens with zero attached hydrogens (tertiary/aromatic N) is 2. The van der Waals surface area contributed by atoms with Gasteiger partial charge in [0.25, 0.3) is 0 Å². The standard InChI is InChI=1S/C14H29N3O2/c1-3-5-6-7-8-9-10-14(18)17(11-4-2)12-13(15)16-19/h19H,3-12H2,1-2H3,(H2,15,16). The molecule has 0 rings (SSSR count). The van der Waals surface area contributed by atoms with Crippen LogP contribution in [0.15, 0.2) is 5.16 Å². The predicted molar refractivity (Wildman–Crippen MR) is 78.3 cm³/mol. The second kappa shape index (κ2) is 11.8. The van der Waals surface area contributed by atoms with Gasteiger partial charge in [0, 0.05) is 13.0 Å². The third kappa shape index (κ3) is 9.33. The van der Waals surface area contributed by atoms with Crippen molar-refractivity contribution in [2.75, 3.05) is 13.1 Å². The fraction of sp³-hybridized carbons (Fsp3) is 0.857. The van der Waals surface area contributed by atoms with E-state index in [-0.39, 0.29) is 18.3 Å². The molecule has 1 amide bonds. The van der Waals surface area contributed by atoms with Gasteiger partial charge in [0.05, 0.1) is 6.54 Å². The minimum absolute atomic E-state index is 0.0877. The average Bonchev–Trinajstić information content (AvgIpc) is 2.41. The van der Waals surface area contributed by atoms with Crippen LogP contribution in [0.25, 0.3) is 0 Å². The molecule has 0 bridgehead atoms. The lowest BCUT2D eigenvalue weighted by atomic mass is 10.1. The Morgan fingerprint density at radius 1 is 1.11 bits per heavy atom. The van der Waals surface area contributed by atoms with Crippen LogP contribution in [-0.2, 0) is 4.79 Å². The van der Waals surface area contributed by atoms with Crippen molar-refractivity contribution in [2.24, 2.45) is 10.9 Å². The summed E-state index contributed by atoms with van der Waals surface area (Å²) in [5, 5.41) is 11.5. The Kier molecular flexibility index (Phi) is 11.0. The Morgan fingerprint density at radius 3 is 2.32 bits per heavy atom. The number of nitrogens with two attached hydrogens (primary N) is 1. The summed E-state index contributed by atoms with van der Waals surface area (Å²) in [4.78, 5) is 13.7. The quantitative estimate of drug-likeness (QED) is 0.199. The second-order valence-corrected chi connectivity index (χ2v) is 4.92. The molecule has 0 saturated carbocycles. The van der Waals surface area contributed by atoms with Gasteiger partial charge in [-0.2, -0.15) is 0 Å². The van der Waals surface area contributed by atoms with Gasteiger partial charge in [0.2, 0.25) is 5.91 Å². The normalized spacial score (nSPS) is 11.6. The summed E-state index contributed by atoms with van der Waals surface area (Å²) >= 11 is 0. The number of hydrogen-bond acceptors (Lipinski definition) is 3. The highest BCUT2D eigenvalue weighted by atomic mass is 16.4. The molecule has 0 aromatic heterocycles. The van der Waals surface area contributed by atoms with Crippen molar-refractivity contribution in [1.29, 1.82) is 0 Å². The van der Waals surface area contributed by atoms with E-state index in [1.54, 1.807) is 4.90 Å². The largest absolute Gasteiger partial charge is 0.409 e. The molecule has 0 aliphatic heterocycles. The lowest BCUT2D eigenvalue weighted by Crippen LogP contribution is -2.39. The highest BCUT2D eigenvalue weighted by molar-refractivity contribution is 5.86. The highest BCUT2D eigenvalue weighted by Gasteiger charge is 2.13. The first kappa shape index (κ1) is 17.7. The van der Waals surface area contributed by atoms with E-state index in [0.717, 1.165) is 19.3 Å². The summed E-state index contributed by atoms with van der Waals surface area (Å²) in [5.41, 5.74) is 5.46. The van der Waals surface area contributed by atoms with Gasteiger partial charge in [0.15, 0.2) is 5.84 Å². The zero-order valence-corrected chi connectivity index (χ0v) is 12.4. The summed E-state index contributed by atoms with van der Waals surface area (Å²) in [5.74, 6) is 0.189. The van der Waals surface area contributed by atoms with Gasteiger partial charge >= 0.3 is 0 Å². The third-order valence-corrected chi connectivity index (χ3v) is 3.07. The van der Waals surface area contributed by atoms with Gasteiger partial charge in [-0.1, -0.05) is 51.1 Å². The maximum Gasteiger partial charge on any atom is 0.222 e. The summed E-state index contributed by atoms with van der Waals surface area (Å²) in [6.45, 7) is 5.08. The smallest absolute Gasteiger partial charge is 0.222 e. The molecule has 0 fully saturated rings. The number of carbonyl (C=O) groups is 1. The zero-order valence-electron chi connectivity index (χ0n) is 12.4. The Morgan fingerprint density at radius 2 is 1.74 bits per heavy atom. The molecule has 0 unspecified atom stereocenters. The van der Waals surface area contributed by atoms with Crippen LogP contribution >= 0.6 is 0 Å². The van der Waals surface area contributed by atoms with Crippen molar-refractivity contribution in [3.8, 4) is 0 Å². The molecule has 0 aromatic carbocycles. The number of unbranched alkanes of at least 4 members (excludes halogenated alkanes) is 5. The van der Waals surface area contributed by atoms with Crippen LogP contribution in [0.4, 0.5) is 0 Å². The first-order chi connectivity index (χ1) is 9.15. The Bertz CT molecular complexity index is 267. The first-order valence-electron chi connectivity index (χ1n) is 7.39. The fourth-order valence-corrected chi connectivity index (χ4v) is 2.00. The van der Waals surface area contributed by atoms with E-state index in [2.05, 4.69) is 12.1 Å². The lowest BCUT2D eigenvalue weighted by Gasteiger charge is -2.21. The Hall–Kier alpha value is -1.26. The molecule has 0 aromatic rings. The van der Waals surface area contributed by atoms with E-state index in [9.17, 15) is 4.79 Å². The van der Waals surface area contributed by atoms with E-state index >= 15 is 0 Å². The molecule has 19 heavy (non-hydrogen) atoms. The van der Waals surface area contributed by atoms with Gasteiger partial charge in [-0.05, 0) is 12.8 Å². The second-order valence-electron chi connectivity index (χ2n) is 4.92. The van der Waals surface area contributed by atoms with Crippen LogP contribution in [0.1, 0.15) is 65.2 Å².